The molecule has 25 heavy (non-hydrogen) atoms. The Bertz CT molecular complexity index is 644. The van der Waals surface area contributed by atoms with Crippen LogP contribution in [-0.4, -0.2) is 53.8 Å². The fourth-order valence-electron chi connectivity index (χ4n) is 3.57. The Kier molecular flexibility index (Phi) is 5.54. The van der Waals surface area contributed by atoms with Gasteiger partial charge >= 0.3 is 0 Å². The highest BCUT2D eigenvalue weighted by molar-refractivity contribution is 7.08. The molecule has 3 atom stereocenters. The van der Waals surface area contributed by atoms with Gasteiger partial charge in [0, 0.05) is 11.9 Å². The third kappa shape index (κ3) is 3.93. The molecule has 2 aliphatic heterocycles. The fourth-order valence-corrected chi connectivity index (χ4v) is 4.20. The summed E-state index contributed by atoms with van der Waals surface area (Å²) in [6.45, 7) is 4.65. The van der Waals surface area contributed by atoms with E-state index in [-0.39, 0.29) is 36.2 Å². The van der Waals surface area contributed by atoms with Crippen LogP contribution in [0.4, 0.5) is 0 Å². The van der Waals surface area contributed by atoms with Crippen molar-refractivity contribution in [3.63, 3.8) is 0 Å². The second-order valence-electron chi connectivity index (χ2n) is 7.10. The molecule has 3 rings (SSSR count). The molecule has 2 saturated heterocycles. The molecule has 0 radical (unpaired) electrons. The molecule has 1 aromatic rings. The number of thiophene rings is 1. The maximum atomic E-state index is 13.1. The molecule has 0 aliphatic carbocycles. The summed E-state index contributed by atoms with van der Waals surface area (Å²) < 4.78 is 5.52. The van der Waals surface area contributed by atoms with E-state index >= 15 is 0 Å². The molecule has 2 aliphatic rings. The maximum absolute atomic E-state index is 13.1. The summed E-state index contributed by atoms with van der Waals surface area (Å²) in [5.74, 6) is -0.216. The van der Waals surface area contributed by atoms with Gasteiger partial charge in [0.1, 0.15) is 18.7 Å². The number of rotatable bonds is 5. The number of piperidine rings is 1. The summed E-state index contributed by atoms with van der Waals surface area (Å²) in [6.07, 6.45) is 1.96. The minimum Gasteiger partial charge on any atom is -0.368 e. The third-order valence-corrected chi connectivity index (χ3v) is 5.41. The Labute approximate surface area is 151 Å². The summed E-state index contributed by atoms with van der Waals surface area (Å²) >= 11 is 1.44. The normalized spacial score (nSPS) is 24.3. The number of Topliss-reactive ketones (excluding diaryl/α,β-unsaturated/α-hetero) is 1. The quantitative estimate of drug-likeness (QED) is 0.865. The number of hydrogen-bond acceptors (Lipinski definition) is 5. The summed E-state index contributed by atoms with van der Waals surface area (Å²) in [6, 6.07) is 0.621. The molecular formula is C18H24N2O4S. The zero-order valence-corrected chi connectivity index (χ0v) is 15.4. The van der Waals surface area contributed by atoms with Crippen LogP contribution in [0.5, 0.6) is 0 Å². The van der Waals surface area contributed by atoms with Gasteiger partial charge in [-0.1, -0.05) is 13.8 Å². The van der Waals surface area contributed by atoms with Gasteiger partial charge in [-0.2, -0.15) is 11.3 Å². The molecule has 0 spiro atoms. The smallest absolute Gasteiger partial charge is 0.252 e. The van der Waals surface area contributed by atoms with Gasteiger partial charge in [-0.15, -0.1) is 0 Å². The fraction of sp³-hybridized carbons (Fsp3) is 0.611. The van der Waals surface area contributed by atoms with Crippen LogP contribution in [0.2, 0.25) is 0 Å². The molecule has 6 nitrogen and oxygen atoms in total. The van der Waals surface area contributed by atoms with Crippen LogP contribution < -0.4 is 5.32 Å². The van der Waals surface area contributed by atoms with E-state index in [4.69, 9.17) is 4.74 Å². The van der Waals surface area contributed by atoms with E-state index < -0.39 is 12.1 Å². The van der Waals surface area contributed by atoms with E-state index in [1.807, 2.05) is 19.2 Å². The summed E-state index contributed by atoms with van der Waals surface area (Å²) in [4.78, 5) is 39.3. The first-order valence-corrected chi connectivity index (χ1v) is 9.69. The average Bonchev–Trinajstić information content (AvgIpc) is 3.23. The monoisotopic (exact) mass is 364 g/mol. The topological polar surface area (TPSA) is 75.7 Å². The Morgan fingerprint density at radius 1 is 1.44 bits per heavy atom. The van der Waals surface area contributed by atoms with Crippen molar-refractivity contribution in [1.29, 1.82) is 0 Å². The first-order chi connectivity index (χ1) is 12.0. The molecule has 3 heterocycles. The van der Waals surface area contributed by atoms with Crippen molar-refractivity contribution in [1.82, 2.24) is 10.2 Å². The van der Waals surface area contributed by atoms with Gasteiger partial charge in [0.05, 0.1) is 11.7 Å². The Balaban J connectivity index is 1.76. The van der Waals surface area contributed by atoms with Crippen LogP contribution in [-0.2, 0) is 14.3 Å². The number of hydrogen-bond donors (Lipinski definition) is 1. The van der Waals surface area contributed by atoms with E-state index in [0.29, 0.717) is 18.5 Å². The van der Waals surface area contributed by atoms with Gasteiger partial charge in [0.15, 0.2) is 5.78 Å². The van der Waals surface area contributed by atoms with Crippen LogP contribution in [0.1, 0.15) is 43.5 Å². The SMILES string of the molecule is CC(C)CC(NC(=O)c1ccsc1)C(=O)N1CCCC2OCC(=O)C21. The molecular weight excluding hydrogens is 340 g/mol. The number of likely N-dealkylation sites (tertiary alicyclic amines) is 1. The van der Waals surface area contributed by atoms with Crippen LogP contribution in [0, 0.1) is 5.92 Å². The predicted octanol–water partition coefficient (Wildman–Crippen LogP) is 1.85. The Morgan fingerprint density at radius 3 is 2.92 bits per heavy atom. The maximum Gasteiger partial charge on any atom is 0.252 e. The summed E-state index contributed by atoms with van der Waals surface area (Å²) in [5.41, 5.74) is 0.559. The predicted molar refractivity (Wildman–Crippen MR) is 94.5 cm³/mol. The van der Waals surface area contributed by atoms with Crippen molar-refractivity contribution >= 4 is 28.9 Å². The second-order valence-corrected chi connectivity index (χ2v) is 7.88. The zero-order valence-electron chi connectivity index (χ0n) is 14.6. The molecule has 136 valence electrons. The molecule has 0 aromatic carbocycles. The number of carbonyl (C=O) groups excluding carboxylic acids is 3. The van der Waals surface area contributed by atoms with E-state index in [2.05, 4.69) is 5.32 Å². The van der Waals surface area contributed by atoms with Gasteiger partial charge in [-0.05, 0) is 36.6 Å². The van der Waals surface area contributed by atoms with E-state index in [0.717, 1.165) is 12.8 Å². The third-order valence-electron chi connectivity index (χ3n) is 4.72. The largest absolute Gasteiger partial charge is 0.368 e. The molecule has 1 aromatic heterocycles. The highest BCUT2D eigenvalue weighted by Crippen LogP contribution is 2.27. The molecule has 3 unspecified atom stereocenters. The number of ketones is 1. The molecule has 2 amide bonds. The lowest BCUT2D eigenvalue weighted by molar-refractivity contribution is -0.142. The van der Waals surface area contributed by atoms with E-state index in [1.165, 1.54) is 11.3 Å². The van der Waals surface area contributed by atoms with Crippen LogP contribution >= 0.6 is 11.3 Å². The number of nitrogens with one attached hydrogen (secondary N) is 1. The summed E-state index contributed by atoms with van der Waals surface area (Å²) in [5, 5.41) is 6.46. The minimum absolute atomic E-state index is 0.0366. The number of ether oxygens (including phenoxy) is 1. The van der Waals surface area contributed by atoms with E-state index in [9.17, 15) is 14.4 Å². The van der Waals surface area contributed by atoms with E-state index in [1.54, 1.807) is 16.3 Å². The number of fused-ring (bicyclic) bond motifs is 1. The summed E-state index contributed by atoms with van der Waals surface area (Å²) in [7, 11) is 0. The van der Waals surface area contributed by atoms with Gasteiger partial charge in [0.2, 0.25) is 5.91 Å². The average molecular weight is 364 g/mol. The van der Waals surface area contributed by atoms with Crippen molar-refractivity contribution in [2.45, 2.75) is 51.3 Å². The van der Waals surface area contributed by atoms with Gasteiger partial charge in [0.25, 0.3) is 5.91 Å². The first-order valence-electron chi connectivity index (χ1n) is 8.75. The molecule has 0 bridgehead atoms. The van der Waals surface area contributed by atoms with Gasteiger partial charge in [-0.25, -0.2) is 0 Å². The molecule has 2 fully saturated rings. The number of amides is 2. The molecule has 7 heteroatoms. The van der Waals surface area contributed by atoms with Crippen LogP contribution in [0.3, 0.4) is 0 Å². The van der Waals surface area contributed by atoms with Crippen molar-refractivity contribution in [2.75, 3.05) is 13.2 Å². The molecule has 0 saturated carbocycles. The zero-order chi connectivity index (χ0) is 18.0. The standard InChI is InChI=1S/C18H24N2O4S/c1-11(2)8-13(19-17(22)12-5-7-25-10-12)18(23)20-6-3-4-15-16(20)14(21)9-24-15/h5,7,10-11,13,15-16H,3-4,6,8-9H2,1-2H3,(H,19,22). The van der Waals surface area contributed by atoms with Crippen LogP contribution in [0.15, 0.2) is 16.8 Å². The Hall–Kier alpha value is -1.73. The molecule has 1 N–H and O–H groups in total. The lowest BCUT2D eigenvalue weighted by Gasteiger charge is -2.37. The highest BCUT2D eigenvalue weighted by atomic mass is 32.1. The van der Waals surface area contributed by atoms with Crippen LogP contribution in [0.25, 0.3) is 0 Å². The van der Waals surface area contributed by atoms with Gasteiger partial charge in [-0.3, -0.25) is 14.4 Å². The van der Waals surface area contributed by atoms with Crippen molar-refractivity contribution in [2.24, 2.45) is 5.92 Å². The lowest BCUT2D eigenvalue weighted by atomic mass is 9.95. The van der Waals surface area contributed by atoms with Crippen molar-refractivity contribution < 1.29 is 19.1 Å². The van der Waals surface area contributed by atoms with Gasteiger partial charge < -0.3 is 15.0 Å². The number of carbonyl (C=O) groups is 3. The minimum atomic E-state index is -0.625. The second kappa shape index (κ2) is 7.66. The first kappa shape index (κ1) is 18.1. The lowest BCUT2D eigenvalue weighted by Crippen LogP contribution is -2.58. The highest BCUT2D eigenvalue weighted by Gasteiger charge is 2.45. The van der Waals surface area contributed by atoms with Crippen molar-refractivity contribution in [3.05, 3.63) is 22.4 Å². The number of nitrogens with zero attached hydrogens (tertiary/aromatic N) is 1. The Morgan fingerprint density at radius 2 is 2.24 bits per heavy atom. The van der Waals surface area contributed by atoms with Crippen molar-refractivity contribution in [3.8, 4) is 0 Å².